The third-order valence-electron chi connectivity index (χ3n) is 6.38. The fourth-order valence-corrected chi connectivity index (χ4v) is 4.30. The number of carbonyl (C=O) groups excluding carboxylic acids is 3. The summed E-state index contributed by atoms with van der Waals surface area (Å²) in [5.41, 5.74) is 0.245. The summed E-state index contributed by atoms with van der Waals surface area (Å²) < 4.78 is 19.5. The molecule has 1 aliphatic rings. The maximum Gasteiger partial charge on any atom is 0.251 e. The molecule has 0 bridgehead atoms. The van der Waals surface area contributed by atoms with Gasteiger partial charge in [0.05, 0.1) is 19.3 Å². The van der Waals surface area contributed by atoms with Crippen molar-refractivity contribution in [2.45, 2.75) is 64.6 Å². The van der Waals surface area contributed by atoms with E-state index in [1.54, 1.807) is 0 Å². The Kier molecular flexibility index (Phi) is 9.56. The van der Waals surface area contributed by atoms with Crippen LogP contribution in [0.25, 0.3) is 0 Å². The number of halogens is 1. The molecule has 200 valence electrons. The summed E-state index contributed by atoms with van der Waals surface area (Å²) in [4.78, 5) is 39.7. The van der Waals surface area contributed by atoms with Crippen molar-refractivity contribution in [3.05, 3.63) is 71.0 Å². The molecule has 2 aromatic carbocycles. The lowest BCUT2D eigenvalue weighted by molar-refractivity contribution is -0.132. The smallest absolute Gasteiger partial charge is 0.251 e. The summed E-state index contributed by atoms with van der Waals surface area (Å²) in [5, 5.41) is 15.2. The lowest BCUT2D eigenvalue weighted by atomic mass is 9.92. The summed E-state index contributed by atoms with van der Waals surface area (Å²) in [7, 11) is 0. The molecular weight excluding hydrogens is 475 g/mol. The van der Waals surface area contributed by atoms with Gasteiger partial charge in [0.2, 0.25) is 5.91 Å². The summed E-state index contributed by atoms with van der Waals surface area (Å²) in [6.45, 7) is 7.45. The SMILES string of the molecule is CC(C)Cc1cc(C(=O)N[C@@H](Cc2ccccc2)C(=O)NC(CC(C)C)C(=O)C2(CO)CO2)ccc1F. The van der Waals surface area contributed by atoms with Gasteiger partial charge in [-0.25, -0.2) is 4.39 Å². The van der Waals surface area contributed by atoms with Crippen molar-refractivity contribution in [3.8, 4) is 0 Å². The van der Waals surface area contributed by atoms with E-state index in [1.165, 1.54) is 18.2 Å². The van der Waals surface area contributed by atoms with Crippen LogP contribution in [0.4, 0.5) is 4.39 Å². The van der Waals surface area contributed by atoms with Gasteiger partial charge in [-0.15, -0.1) is 0 Å². The van der Waals surface area contributed by atoms with Crippen molar-refractivity contribution in [3.63, 3.8) is 0 Å². The van der Waals surface area contributed by atoms with Crippen molar-refractivity contribution in [2.24, 2.45) is 11.8 Å². The van der Waals surface area contributed by atoms with Gasteiger partial charge in [-0.3, -0.25) is 14.4 Å². The minimum atomic E-state index is -1.27. The van der Waals surface area contributed by atoms with E-state index in [0.29, 0.717) is 18.4 Å². The second-order valence-corrected chi connectivity index (χ2v) is 10.6. The quantitative estimate of drug-likeness (QED) is 0.357. The van der Waals surface area contributed by atoms with E-state index in [1.807, 2.05) is 58.0 Å². The van der Waals surface area contributed by atoms with Crippen molar-refractivity contribution in [1.82, 2.24) is 10.6 Å². The van der Waals surface area contributed by atoms with Gasteiger partial charge in [0.1, 0.15) is 11.9 Å². The molecule has 3 atom stereocenters. The topological polar surface area (TPSA) is 108 Å². The van der Waals surface area contributed by atoms with Gasteiger partial charge in [-0.05, 0) is 54.0 Å². The number of nitrogens with one attached hydrogen (secondary N) is 2. The van der Waals surface area contributed by atoms with Crippen LogP contribution in [0.2, 0.25) is 0 Å². The molecule has 1 aliphatic heterocycles. The van der Waals surface area contributed by atoms with Crippen molar-refractivity contribution >= 4 is 17.6 Å². The minimum Gasteiger partial charge on any atom is -0.393 e. The van der Waals surface area contributed by atoms with E-state index >= 15 is 0 Å². The Hall–Kier alpha value is -3.10. The average molecular weight is 513 g/mol. The van der Waals surface area contributed by atoms with Crippen LogP contribution < -0.4 is 10.6 Å². The number of amides is 2. The fraction of sp³-hybridized carbons (Fsp3) is 0.483. The first kappa shape index (κ1) is 28.5. The average Bonchev–Trinajstić information content (AvgIpc) is 3.65. The van der Waals surface area contributed by atoms with Crippen molar-refractivity contribution < 1.29 is 28.6 Å². The first-order valence-corrected chi connectivity index (χ1v) is 12.8. The van der Waals surface area contributed by atoms with Gasteiger partial charge in [-0.1, -0.05) is 58.0 Å². The van der Waals surface area contributed by atoms with E-state index in [2.05, 4.69) is 10.6 Å². The molecular formula is C29H37FN2O5. The Labute approximate surface area is 217 Å². The van der Waals surface area contributed by atoms with Crippen molar-refractivity contribution in [1.29, 1.82) is 0 Å². The number of aliphatic hydroxyl groups is 1. The predicted molar refractivity (Wildman–Crippen MR) is 139 cm³/mol. The Morgan fingerprint density at radius 2 is 1.65 bits per heavy atom. The largest absolute Gasteiger partial charge is 0.393 e. The molecule has 3 rings (SSSR count). The fourth-order valence-electron chi connectivity index (χ4n) is 4.30. The molecule has 3 N–H and O–H groups in total. The highest BCUT2D eigenvalue weighted by atomic mass is 19.1. The molecule has 0 aromatic heterocycles. The third-order valence-corrected chi connectivity index (χ3v) is 6.38. The van der Waals surface area contributed by atoms with Gasteiger partial charge in [-0.2, -0.15) is 0 Å². The number of aliphatic hydroxyl groups excluding tert-OH is 1. The zero-order valence-electron chi connectivity index (χ0n) is 21.9. The molecule has 2 unspecified atom stereocenters. The van der Waals surface area contributed by atoms with Crippen LogP contribution in [0.3, 0.4) is 0 Å². The summed E-state index contributed by atoms with van der Waals surface area (Å²) >= 11 is 0. The molecule has 1 fully saturated rings. The van der Waals surface area contributed by atoms with Crippen LogP contribution in [-0.2, 0) is 27.2 Å². The van der Waals surface area contributed by atoms with Crippen LogP contribution in [0.1, 0.15) is 55.6 Å². The molecule has 0 aliphatic carbocycles. The molecule has 1 heterocycles. The van der Waals surface area contributed by atoms with E-state index in [4.69, 9.17) is 4.74 Å². The number of carbonyl (C=O) groups is 3. The number of ether oxygens (including phenoxy) is 1. The number of hydrogen-bond acceptors (Lipinski definition) is 5. The summed E-state index contributed by atoms with van der Waals surface area (Å²) in [6.07, 6.45) is 1.04. The zero-order valence-corrected chi connectivity index (χ0v) is 21.9. The van der Waals surface area contributed by atoms with Gasteiger partial charge in [0.25, 0.3) is 5.91 Å². The molecule has 0 radical (unpaired) electrons. The van der Waals surface area contributed by atoms with Crippen LogP contribution in [0, 0.1) is 17.7 Å². The highest BCUT2D eigenvalue weighted by Crippen LogP contribution is 2.30. The molecule has 2 aromatic rings. The van der Waals surface area contributed by atoms with E-state index in [0.717, 1.165) is 5.56 Å². The molecule has 0 spiro atoms. The van der Waals surface area contributed by atoms with Crippen LogP contribution in [0.5, 0.6) is 0 Å². The van der Waals surface area contributed by atoms with Gasteiger partial charge >= 0.3 is 0 Å². The van der Waals surface area contributed by atoms with Crippen LogP contribution in [0.15, 0.2) is 48.5 Å². The van der Waals surface area contributed by atoms with Crippen LogP contribution >= 0.6 is 0 Å². The normalized spacial score (nSPS) is 18.4. The number of benzene rings is 2. The maximum atomic E-state index is 14.3. The molecule has 0 saturated carbocycles. The Bertz CT molecular complexity index is 1100. The number of epoxide rings is 1. The van der Waals surface area contributed by atoms with E-state index in [-0.39, 0.29) is 42.0 Å². The Morgan fingerprint density at radius 1 is 0.973 bits per heavy atom. The Morgan fingerprint density at radius 3 is 2.22 bits per heavy atom. The van der Waals surface area contributed by atoms with Crippen LogP contribution in [-0.4, -0.2) is 53.6 Å². The highest BCUT2D eigenvalue weighted by Gasteiger charge is 2.54. The zero-order chi connectivity index (χ0) is 27.2. The lowest BCUT2D eigenvalue weighted by Gasteiger charge is -2.25. The monoisotopic (exact) mass is 512 g/mol. The Balaban J connectivity index is 1.83. The molecule has 2 amide bonds. The lowest BCUT2D eigenvalue weighted by Crippen LogP contribution is -2.55. The number of ketones is 1. The number of rotatable bonds is 13. The summed E-state index contributed by atoms with van der Waals surface area (Å²) in [5.74, 6) is -1.49. The molecule has 7 nitrogen and oxygen atoms in total. The van der Waals surface area contributed by atoms with Gasteiger partial charge < -0.3 is 20.5 Å². The second kappa shape index (κ2) is 12.4. The molecule has 37 heavy (non-hydrogen) atoms. The highest BCUT2D eigenvalue weighted by molar-refractivity contribution is 6.00. The van der Waals surface area contributed by atoms with Gasteiger partial charge in [0.15, 0.2) is 11.4 Å². The first-order valence-electron chi connectivity index (χ1n) is 12.8. The third kappa shape index (κ3) is 7.69. The predicted octanol–water partition coefficient (Wildman–Crippen LogP) is 3.23. The molecule has 1 saturated heterocycles. The maximum absolute atomic E-state index is 14.3. The second-order valence-electron chi connectivity index (χ2n) is 10.6. The number of Topliss-reactive ketones (excluding diaryl/α,β-unsaturated/α-hetero) is 1. The van der Waals surface area contributed by atoms with E-state index in [9.17, 15) is 23.9 Å². The van der Waals surface area contributed by atoms with Crippen molar-refractivity contribution in [2.75, 3.05) is 13.2 Å². The first-order chi connectivity index (χ1) is 17.5. The molecule has 8 heteroatoms. The summed E-state index contributed by atoms with van der Waals surface area (Å²) in [6, 6.07) is 11.5. The van der Waals surface area contributed by atoms with Gasteiger partial charge in [0, 0.05) is 12.0 Å². The van der Waals surface area contributed by atoms with E-state index < -0.39 is 36.1 Å². The number of hydrogen-bond donors (Lipinski definition) is 3. The minimum absolute atomic E-state index is 0.0875. The standard InChI is InChI=1S/C29H37FN2O5/c1-18(2)12-22-15-21(10-11-23(22)30)27(35)32-25(14-20-8-6-5-7-9-20)28(36)31-24(13-19(3)4)26(34)29(16-33)17-37-29/h5-11,15,18-19,24-25,33H,12-14,16-17H2,1-4H3,(H,31,36)(H,32,35)/t24?,25-,29?/m0/s1.